The van der Waals surface area contributed by atoms with Gasteiger partial charge in [0.05, 0.1) is 0 Å². The van der Waals surface area contributed by atoms with E-state index in [0.29, 0.717) is 31.2 Å². The van der Waals surface area contributed by atoms with E-state index in [2.05, 4.69) is 10.2 Å². The Labute approximate surface area is 125 Å². The molecule has 21 heavy (non-hydrogen) atoms. The maximum Gasteiger partial charge on any atom is 0.149 e. The third-order valence-corrected chi connectivity index (χ3v) is 4.10. The van der Waals surface area contributed by atoms with Crippen molar-refractivity contribution >= 4 is 5.69 Å². The second-order valence-corrected chi connectivity index (χ2v) is 5.89. The number of nitrogens with one attached hydrogen (secondary N) is 1. The van der Waals surface area contributed by atoms with Gasteiger partial charge >= 0.3 is 0 Å². The van der Waals surface area contributed by atoms with Gasteiger partial charge in [-0.15, -0.1) is 0 Å². The van der Waals surface area contributed by atoms with E-state index in [1.165, 1.54) is 12.1 Å². The minimum atomic E-state index is -0.456. The molecule has 1 N–H and O–H groups in total. The van der Waals surface area contributed by atoms with Crippen LogP contribution in [0.5, 0.6) is 0 Å². The Kier molecular flexibility index (Phi) is 5.53. The molecule has 0 aromatic heterocycles. The highest BCUT2D eigenvalue weighted by Crippen LogP contribution is 2.28. The van der Waals surface area contributed by atoms with E-state index in [1.54, 1.807) is 0 Å². The number of anilines is 1. The van der Waals surface area contributed by atoms with Crippen molar-refractivity contribution in [3.8, 4) is 0 Å². The molecule has 118 valence electrons. The summed E-state index contributed by atoms with van der Waals surface area (Å²) in [6, 6.07) is 3.24. The van der Waals surface area contributed by atoms with E-state index in [0.717, 1.165) is 19.4 Å². The van der Waals surface area contributed by atoms with Crippen LogP contribution in [0.15, 0.2) is 12.1 Å². The number of hydrogen-bond acceptors (Lipinski definition) is 3. The largest absolute Gasteiger partial charge is 0.365 e. The summed E-state index contributed by atoms with van der Waals surface area (Å²) in [7, 11) is 4.03. The topological polar surface area (TPSA) is 18.5 Å². The van der Waals surface area contributed by atoms with Crippen molar-refractivity contribution in [3.05, 3.63) is 29.3 Å². The normalized spacial score (nSPS) is 19.3. The average molecular weight is 297 g/mol. The molecular weight excluding hydrogens is 272 g/mol. The first-order valence-electron chi connectivity index (χ1n) is 7.63. The molecule has 0 amide bonds. The third kappa shape index (κ3) is 3.92. The van der Waals surface area contributed by atoms with Crippen molar-refractivity contribution in [3.63, 3.8) is 0 Å². The highest BCUT2D eigenvalue weighted by Gasteiger charge is 2.25. The van der Waals surface area contributed by atoms with Crippen molar-refractivity contribution in [2.45, 2.75) is 32.4 Å². The van der Waals surface area contributed by atoms with Gasteiger partial charge in [0.1, 0.15) is 17.3 Å². The van der Waals surface area contributed by atoms with Crippen LogP contribution in [0.2, 0.25) is 0 Å². The Morgan fingerprint density at radius 1 is 1.29 bits per heavy atom. The minimum Gasteiger partial charge on any atom is -0.365 e. The number of piperidine rings is 1. The van der Waals surface area contributed by atoms with Crippen LogP contribution in [0.1, 0.15) is 25.3 Å². The van der Waals surface area contributed by atoms with Gasteiger partial charge in [-0.25, -0.2) is 8.78 Å². The molecule has 0 bridgehead atoms. The van der Waals surface area contributed by atoms with Gasteiger partial charge in [-0.05, 0) is 51.2 Å². The van der Waals surface area contributed by atoms with Gasteiger partial charge in [0, 0.05) is 25.7 Å². The van der Waals surface area contributed by atoms with E-state index in [1.807, 2.05) is 25.9 Å². The zero-order chi connectivity index (χ0) is 15.4. The molecule has 0 saturated carbocycles. The molecule has 1 aromatic carbocycles. The van der Waals surface area contributed by atoms with Gasteiger partial charge in [-0.3, -0.25) is 0 Å². The van der Waals surface area contributed by atoms with Crippen molar-refractivity contribution in [1.82, 2.24) is 10.2 Å². The first-order chi connectivity index (χ1) is 10.0. The molecule has 1 unspecified atom stereocenters. The Morgan fingerprint density at radius 3 is 2.52 bits per heavy atom. The molecule has 0 radical (unpaired) electrons. The van der Waals surface area contributed by atoms with Crippen LogP contribution in [0.4, 0.5) is 14.5 Å². The summed E-state index contributed by atoms with van der Waals surface area (Å²) < 4.78 is 28.7. The molecule has 1 aromatic rings. The minimum absolute atomic E-state index is 0.127. The first-order valence-corrected chi connectivity index (χ1v) is 7.63. The zero-order valence-corrected chi connectivity index (χ0v) is 13.1. The van der Waals surface area contributed by atoms with Gasteiger partial charge < -0.3 is 15.1 Å². The van der Waals surface area contributed by atoms with Gasteiger partial charge in [-0.1, -0.05) is 6.92 Å². The number of halogens is 2. The average Bonchev–Trinajstić information content (AvgIpc) is 2.44. The van der Waals surface area contributed by atoms with Gasteiger partial charge in [-0.2, -0.15) is 0 Å². The number of rotatable bonds is 5. The highest BCUT2D eigenvalue weighted by atomic mass is 19.1. The van der Waals surface area contributed by atoms with E-state index in [9.17, 15) is 8.78 Å². The number of likely N-dealkylation sites (N-methyl/N-ethyl adjacent to an activating group) is 1. The smallest absolute Gasteiger partial charge is 0.149 e. The number of hydrogen-bond donors (Lipinski definition) is 1. The molecule has 5 heteroatoms. The summed E-state index contributed by atoms with van der Waals surface area (Å²) in [6.45, 7) is 4.63. The SMILES string of the molecule is CCNCc1cc(F)c(N2CCCC(N(C)C)C2)c(F)c1. The predicted molar refractivity (Wildman–Crippen MR) is 82.7 cm³/mol. The molecule has 1 saturated heterocycles. The lowest BCUT2D eigenvalue weighted by Gasteiger charge is -2.37. The van der Waals surface area contributed by atoms with Crippen LogP contribution in [0.25, 0.3) is 0 Å². The van der Waals surface area contributed by atoms with Gasteiger partial charge in [0.25, 0.3) is 0 Å². The highest BCUT2D eigenvalue weighted by molar-refractivity contribution is 5.51. The van der Waals surface area contributed by atoms with Crippen LogP contribution in [0, 0.1) is 11.6 Å². The number of benzene rings is 1. The van der Waals surface area contributed by atoms with E-state index >= 15 is 0 Å². The Hall–Kier alpha value is -1.20. The molecular formula is C16H25F2N3. The summed E-state index contributed by atoms with van der Waals surface area (Å²) in [5, 5.41) is 3.09. The molecule has 0 spiro atoms. The maximum absolute atomic E-state index is 14.3. The Bertz CT molecular complexity index is 454. The Balaban J connectivity index is 2.19. The molecule has 1 atom stereocenters. The molecule has 0 aliphatic carbocycles. The molecule has 1 heterocycles. The summed E-state index contributed by atoms with van der Waals surface area (Å²) in [5.74, 6) is -0.912. The van der Waals surface area contributed by atoms with Crippen molar-refractivity contribution < 1.29 is 8.78 Å². The van der Waals surface area contributed by atoms with E-state index < -0.39 is 11.6 Å². The lowest BCUT2D eigenvalue weighted by atomic mass is 10.0. The zero-order valence-electron chi connectivity index (χ0n) is 13.1. The van der Waals surface area contributed by atoms with Crippen LogP contribution in [-0.4, -0.2) is 44.7 Å². The van der Waals surface area contributed by atoms with E-state index in [-0.39, 0.29) is 5.69 Å². The molecule has 1 fully saturated rings. The fourth-order valence-corrected chi connectivity index (χ4v) is 2.87. The second-order valence-electron chi connectivity index (χ2n) is 5.89. The monoisotopic (exact) mass is 297 g/mol. The van der Waals surface area contributed by atoms with E-state index in [4.69, 9.17) is 0 Å². The fourth-order valence-electron chi connectivity index (χ4n) is 2.87. The summed E-state index contributed by atoms with van der Waals surface area (Å²) >= 11 is 0. The second kappa shape index (κ2) is 7.18. The summed E-state index contributed by atoms with van der Waals surface area (Å²) in [4.78, 5) is 3.97. The van der Waals surface area contributed by atoms with Crippen LogP contribution >= 0.6 is 0 Å². The van der Waals surface area contributed by atoms with Crippen LogP contribution in [0.3, 0.4) is 0 Å². The first kappa shape index (κ1) is 16.2. The predicted octanol–water partition coefficient (Wildman–Crippen LogP) is 2.60. The lowest BCUT2D eigenvalue weighted by Crippen LogP contribution is -2.45. The molecule has 2 rings (SSSR count). The summed E-state index contributed by atoms with van der Waals surface area (Å²) in [5.41, 5.74) is 0.776. The Morgan fingerprint density at radius 2 is 1.95 bits per heavy atom. The van der Waals surface area contributed by atoms with Crippen molar-refractivity contribution in [1.29, 1.82) is 0 Å². The molecule has 1 aliphatic rings. The van der Waals surface area contributed by atoms with Crippen molar-refractivity contribution in [2.75, 3.05) is 38.6 Å². The van der Waals surface area contributed by atoms with Gasteiger partial charge in [0.2, 0.25) is 0 Å². The molecule has 1 aliphatic heterocycles. The van der Waals surface area contributed by atoms with Crippen molar-refractivity contribution in [2.24, 2.45) is 0 Å². The van der Waals surface area contributed by atoms with Crippen LogP contribution in [-0.2, 0) is 6.54 Å². The van der Waals surface area contributed by atoms with Gasteiger partial charge in [0.15, 0.2) is 0 Å². The fraction of sp³-hybridized carbons (Fsp3) is 0.625. The number of nitrogens with zero attached hydrogens (tertiary/aromatic N) is 2. The molecule has 3 nitrogen and oxygen atoms in total. The standard InChI is InChI=1S/C16H25F2N3/c1-4-19-10-12-8-14(17)16(15(18)9-12)21-7-5-6-13(11-21)20(2)3/h8-9,13,19H,4-7,10-11H2,1-3H3. The maximum atomic E-state index is 14.3. The lowest BCUT2D eigenvalue weighted by molar-refractivity contribution is 0.256. The quantitative estimate of drug-likeness (QED) is 0.901. The third-order valence-electron chi connectivity index (χ3n) is 4.10. The van der Waals surface area contributed by atoms with Crippen LogP contribution < -0.4 is 10.2 Å². The summed E-state index contributed by atoms with van der Waals surface area (Å²) in [6.07, 6.45) is 2.03.